The number of benzene rings is 2. The quantitative estimate of drug-likeness (QED) is 0.263. The van der Waals surface area contributed by atoms with Crippen molar-refractivity contribution in [3.05, 3.63) is 108 Å². The molecule has 0 atom stereocenters. The third-order valence-electron chi connectivity index (χ3n) is 4.01. The van der Waals surface area contributed by atoms with Crippen LogP contribution in [0, 0.1) is 6.08 Å². The molecule has 1 aliphatic rings. The summed E-state index contributed by atoms with van der Waals surface area (Å²) in [5.41, 5.74) is 4.89. The maximum atomic E-state index is 5.87. The van der Waals surface area contributed by atoms with E-state index in [4.69, 9.17) is 4.74 Å². The molecule has 0 amide bonds. The van der Waals surface area contributed by atoms with Crippen LogP contribution in [0.1, 0.15) is 32.8 Å². The minimum atomic E-state index is 0. The van der Waals surface area contributed by atoms with E-state index in [0.717, 1.165) is 21.7 Å². The normalized spacial score (nSPS) is 12.5. The molecule has 2 aromatic carbocycles. The number of hydrogen-bond donors (Lipinski definition) is 0. The molecular weight excluding hydrogens is 416 g/mol. The molecule has 0 N–H and O–H groups in total. The molecule has 1 nitrogen and oxygen atoms in total. The Bertz CT molecular complexity index is 803. The minimum absolute atomic E-state index is 0. The minimum Gasteiger partial charge on any atom is -0.489 e. The van der Waals surface area contributed by atoms with Crippen molar-refractivity contribution >= 4 is 15.1 Å². The summed E-state index contributed by atoms with van der Waals surface area (Å²) in [7, 11) is 0.750. The van der Waals surface area contributed by atoms with E-state index in [2.05, 4.69) is 81.6 Å². The van der Waals surface area contributed by atoms with Crippen LogP contribution >= 0.6 is 0 Å². The molecule has 0 heterocycles. The second-order valence-electron chi connectivity index (χ2n) is 6.71. The van der Waals surface area contributed by atoms with Gasteiger partial charge in [-0.2, -0.15) is 6.08 Å². The Kier molecular flexibility index (Phi) is 16.8. The van der Waals surface area contributed by atoms with E-state index in [9.17, 15) is 0 Å². The molecule has 0 bridgehead atoms. The van der Waals surface area contributed by atoms with E-state index < -0.39 is 0 Å². The maximum absolute atomic E-state index is 5.87. The average molecular weight is 451 g/mol. The molecule has 2 aromatic rings. The average Bonchev–Trinajstić information content (AvgIpc) is 3.24. The van der Waals surface area contributed by atoms with E-state index in [1.165, 1.54) is 22.3 Å². The second-order valence-corrected chi connectivity index (χ2v) is 7.87. The standard InChI is InChI=1S/C19H20O.C6H7.C2H7Si.Ti/c1-3-16(2)14-18(17-10-6-4-7-11-17)15-20-19-12-8-5-9-13-19;1-6-4-2-3-5-6;1-3-2;/h3-14H,15H2,1-2H3;2,4H,3H2,1H3;3H,1-2H3;/q;-1;;. The zero-order chi connectivity index (χ0) is 21.3. The van der Waals surface area contributed by atoms with Crippen molar-refractivity contribution in [3.63, 3.8) is 0 Å². The molecular formula is C27H34OSiTi-. The van der Waals surface area contributed by atoms with Crippen LogP contribution in [0.4, 0.5) is 0 Å². The van der Waals surface area contributed by atoms with Gasteiger partial charge in [0.2, 0.25) is 0 Å². The van der Waals surface area contributed by atoms with Gasteiger partial charge in [0.15, 0.2) is 0 Å². The summed E-state index contributed by atoms with van der Waals surface area (Å²) in [4.78, 5) is 0. The predicted octanol–water partition coefficient (Wildman–Crippen LogP) is 7.33. The van der Waals surface area contributed by atoms with Crippen molar-refractivity contribution in [2.24, 2.45) is 0 Å². The molecule has 1 radical (unpaired) electrons. The van der Waals surface area contributed by atoms with E-state index in [1.807, 2.05) is 43.3 Å². The van der Waals surface area contributed by atoms with Gasteiger partial charge < -0.3 is 4.74 Å². The first-order valence-electron chi connectivity index (χ1n) is 10.1. The Hall–Kier alpha value is -1.87. The van der Waals surface area contributed by atoms with Gasteiger partial charge >= 0.3 is 0 Å². The fraction of sp³-hybridized carbons (Fsp3) is 0.259. The van der Waals surface area contributed by atoms with Crippen molar-refractivity contribution in [1.82, 2.24) is 0 Å². The fourth-order valence-corrected chi connectivity index (χ4v) is 2.41. The van der Waals surface area contributed by atoms with Gasteiger partial charge in [-0.3, -0.25) is 6.08 Å². The first-order chi connectivity index (χ1) is 14.1. The van der Waals surface area contributed by atoms with E-state index in [0.29, 0.717) is 6.61 Å². The molecule has 3 heteroatoms. The zero-order valence-electron chi connectivity index (χ0n) is 19.0. The predicted molar refractivity (Wildman–Crippen MR) is 131 cm³/mol. The third-order valence-corrected chi connectivity index (χ3v) is 4.01. The van der Waals surface area contributed by atoms with Gasteiger partial charge in [-0.25, -0.2) is 11.6 Å². The maximum Gasteiger partial charge on any atom is 0.119 e. The molecule has 0 saturated carbocycles. The smallest absolute Gasteiger partial charge is 0.119 e. The number of rotatable bonds is 5. The van der Waals surface area contributed by atoms with E-state index in [1.54, 1.807) is 0 Å². The third kappa shape index (κ3) is 12.6. The van der Waals surface area contributed by atoms with Crippen LogP contribution in [0.25, 0.3) is 5.57 Å². The summed E-state index contributed by atoms with van der Waals surface area (Å²) in [6.07, 6.45) is 12.6. The monoisotopic (exact) mass is 450 g/mol. The van der Waals surface area contributed by atoms with Crippen LogP contribution in [0.2, 0.25) is 13.1 Å². The Morgan fingerprint density at radius 1 is 1.03 bits per heavy atom. The summed E-state index contributed by atoms with van der Waals surface area (Å²) in [5, 5.41) is 0. The van der Waals surface area contributed by atoms with Gasteiger partial charge in [0.25, 0.3) is 0 Å². The first-order valence-corrected chi connectivity index (χ1v) is 12.5. The van der Waals surface area contributed by atoms with Gasteiger partial charge in [-0.05, 0) is 37.1 Å². The molecule has 30 heavy (non-hydrogen) atoms. The number of allylic oxidation sites excluding steroid dienone is 7. The van der Waals surface area contributed by atoms with Gasteiger partial charge in [0.05, 0.1) is 0 Å². The molecule has 0 unspecified atom stereocenters. The van der Waals surface area contributed by atoms with Crippen molar-refractivity contribution in [2.45, 2.75) is 40.3 Å². The van der Waals surface area contributed by atoms with Crippen LogP contribution in [0.5, 0.6) is 5.75 Å². The van der Waals surface area contributed by atoms with Crippen LogP contribution in [0.3, 0.4) is 0 Å². The summed E-state index contributed by atoms with van der Waals surface area (Å²) in [6, 6.07) is 20.3. The van der Waals surface area contributed by atoms with E-state index >= 15 is 0 Å². The van der Waals surface area contributed by atoms with Crippen molar-refractivity contribution in [1.29, 1.82) is 0 Å². The molecule has 3 rings (SSSR count). The molecule has 0 fully saturated rings. The fourth-order valence-electron chi connectivity index (χ4n) is 2.41. The molecule has 0 spiro atoms. The summed E-state index contributed by atoms with van der Waals surface area (Å²) >= 11 is 0. The number of ether oxygens (including phenoxy) is 1. The van der Waals surface area contributed by atoms with E-state index in [-0.39, 0.29) is 21.7 Å². The Labute approximate surface area is 201 Å². The summed E-state index contributed by atoms with van der Waals surface area (Å²) in [5.74, 6) is 0.896. The summed E-state index contributed by atoms with van der Waals surface area (Å²) in [6.45, 7) is 11.2. The molecule has 0 saturated heterocycles. The van der Waals surface area contributed by atoms with Crippen molar-refractivity contribution in [2.75, 3.05) is 6.61 Å². The van der Waals surface area contributed by atoms with Gasteiger partial charge in [-0.15, -0.1) is 6.42 Å². The Morgan fingerprint density at radius 3 is 2.03 bits per heavy atom. The number of hydrogen-bond acceptors (Lipinski definition) is 1. The van der Waals surface area contributed by atoms with Gasteiger partial charge in [-0.1, -0.05) is 86.3 Å². The molecule has 1 aliphatic carbocycles. The Morgan fingerprint density at radius 2 is 1.60 bits per heavy atom. The largest absolute Gasteiger partial charge is 0.489 e. The molecule has 0 aromatic heterocycles. The van der Waals surface area contributed by atoms with Gasteiger partial charge in [0.1, 0.15) is 12.4 Å². The number of para-hydroxylation sites is 1. The first kappa shape index (κ1) is 28.1. The van der Waals surface area contributed by atoms with Crippen LogP contribution in [-0.4, -0.2) is 16.1 Å². The van der Waals surface area contributed by atoms with Crippen molar-refractivity contribution < 1.29 is 26.5 Å². The molecule has 0 aliphatic heterocycles. The SMILES string of the molecule is CC1=[C-]CC=C1.CC=C(C)C=C(COc1ccccc1)c1ccccc1.C[SiH]C.[Ti]. The van der Waals surface area contributed by atoms with Crippen LogP contribution in [-0.2, 0) is 21.7 Å². The van der Waals surface area contributed by atoms with Crippen LogP contribution in [0.15, 0.2) is 96.1 Å². The summed E-state index contributed by atoms with van der Waals surface area (Å²) < 4.78 is 5.87. The Balaban J connectivity index is 0.000000703. The molecule has 157 valence electrons. The topological polar surface area (TPSA) is 9.23 Å². The second kappa shape index (κ2) is 17.9. The van der Waals surface area contributed by atoms with Gasteiger partial charge in [0, 0.05) is 31.2 Å². The van der Waals surface area contributed by atoms with Crippen LogP contribution < -0.4 is 4.74 Å². The zero-order valence-corrected chi connectivity index (χ0v) is 21.7. The van der Waals surface area contributed by atoms with Crippen molar-refractivity contribution in [3.8, 4) is 5.75 Å².